The first-order valence-corrected chi connectivity index (χ1v) is 8.07. The first-order chi connectivity index (χ1) is 11.1. The van der Waals surface area contributed by atoms with E-state index in [2.05, 4.69) is 41.5 Å². The molecule has 0 atom stereocenters. The molecule has 1 N–H and O–H groups in total. The topological polar surface area (TPSA) is 37.3 Å². The van der Waals surface area contributed by atoms with Gasteiger partial charge in [-0.1, -0.05) is 23.8 Å². The maximum absolute atomic E-state index is 12.9. The number of anilines is 1. The van der Waals surface area contributed by atoms with Crippen LogP contribution in [-0.2, 0) is 0 Å². The molecular formula is C18H17BrFN3S. The van der Waals surface area contributed by atoms with Crippen LogP contribution in [0.1, 0.15) is 16.7 Å². The second-order valence-corrected chi connectivity index (χ2v) is 6.13. The van der Waals surface area contributed by atoms with E-state index in [9.17, 15) is 4.39 Å². The molecule has 0 unspecified atom stereocenters. The van der Waals surface area contributed by atoms with Gasteiger partial charge in [0.25, 0.3) is 0 Å². The molecule has 3 rings (SSSR count). The molecule has 3 nitrogen and oxygen atoms in total. The molecule has 24 heavy (non-hydrogen) atoms. The van der Waals surface area contributed by atoms with Crippen molar-refractivity contribution < 1.29 is 4.39 Å². The number of halogens is 2. The number of hydrazone groups is 1. The Kier molecular flexibility index (Phi) is 6.23. The molecule has 0 aliphatic heterocycles. The maximum atomic E-state index is 12.9. The Morgan fingerprint density at radius 2 is 1.88 bits per heavy atom. The highest BCUT2D eigenvalue weighted by atomic mass is 79.9. The average molecular weight is 406 g/mol. The molecule has 3 aromatic rings. The van der Waals surface area contributed by atoms with Crippen LogP contribution in [0.3, 0.4) is 0 Å². The number of nitrogens with one attached hydrogen (secondary N) is 1. The Bertz CT molecular complexity index is 844. The van der Waals surface area contributed by atoms with Crippen LogP contribution in [-0.4, -0.2) is 11.2 Å². The first-order valence-electron chi connectivity index (χ1n) is 7.19. The minimum Gasteiger partial charge on any atom is -0.253 e. The Labute approximate surface area is 155 Å². The number of hydrogen-bond acceptors (Lipinski definition) is 4. The predicted octanol–water partition coefficient (Wildman–Crippen LogP) is 5.59. The van der Waals surface area contributed by atoms with Crippen molar-refractivity contribution in [2.24, 2.45) is 5.10 Å². The highest BCUT2D eigenvalue weighted by molar-refractivity contribution is 8.93. The lowest BCUT2D eigenvalue weighted by Gasteiger charge is -2.01. The van der Waals surface area contributed by atoms with E-state index in [4.69, 9.17) is 0 Å². The molecule has 0 saturated carbocycles. The van der Waals surface area contributed by atoms with Crippen molar-refractivity contribution in [3.8, 4) is 11.3 Å². The van der Waals surface area contributed by atoms with Crippen LogP contribution in [0.25, 0.3) is 11.3 Å². The van der Waals surface area contributed by atoms with Crippen LogP contribution < -0.4 is 5.43 Å². The van der Waals surface area contributed by atoms with Crippen molar-refractivity contribution in [2.45, 2.75) is 13.8 Å². The van der Waals surface area contributed by atoms with Crippen molar-refractivity contribution in [2.75, 3.05) is 5.43 Å². The molecule has 0 bridgehead atoms. The fourth-order valence-electron chi connectivity index (χ4n) is 2.21. The summed E-state index contributed by atoms with van der Waals surface area (Å²) in [6.07, 6.45) is 1.79. The molecule has 0 aliphatic carbocycles. The van der Waals surface area contributed by atoms with E-state index >= 15 is 0 Å². The van der Waals surface area contributed by atoms with Crippen LogP contribution >= 0.6 is 28.3 Å². The van der Waals surface area contributed by atoms with Crippen LogP contribution in [0.5, 0.6) is 0 Å². The summed E-state index contributed by atoms with van der Waals surface area (Å²) < 4.78 is 12.9. The van der Waals surface area contributed by atoms with E-state index in [-0.39, 0.29) is 22.8 Å². The average Bonchev–Trinajstić information content (AvgIpc) is 2.99. The number of aryl methyl sites for hydroxylation is 2. The number of rotatable bonds is 4. The van der Waals surface area contributed by atoms with Gasteiger partial charge in [-0.2, -0.15) is 5.10 Å². The van der Waals surface area contributed by atoms with Crippen molar-refractivity contribution in [1.82, 2.24) is 4.98 Å². The zero-order chi connectivity index (χ0) is 16.2. The molecule has 1 heterocycles. The Morgan fingerprint density at radius 1 is 1.12 bits per heavy atom. The van der Waals surface area contributed by atoms with Crippen LogP contribution in [0.15, 0.2) is 52.9 Å². The minimum absolute atomic E-state index is 0. The SMILES string of the molecule is Br.Cc1ccc(C=NNc2nc(-c3ccc(F)cc3)cs2)c(C)c1. The monoisotopic (exact) mass is 405 g/mol. The third-order valence-electron chi connectivity index (χ3n) is 3.43. The van der Waals surface area contributed by atoms with Gasteiger partial charge in [0, 0.05) is 10.9 Å². The minimum atomic E-state index is -0.250. The number of hydrogen-bond donors (Lipinski definition) is 1. The molecule has 0 fully saturated rings. The van der Waals surface area contributed by atoms with Crippen LogP contribution in [0, 0.1) is 19.7 Å². The second-order valence-electron chi connectivity index (χ2n) is 5.27. The third-order valence-corrected chi connectivity index (χ3v) is 4.18. The third kappa shape index (κ3) is 4.49. The molecule has 0 amide bonds. The summed E-state index contributed by atoms with van der Waals surface area (Å²) in [5, 5.41) is 6.85. The Hall–Kier alpha value is -2.05. The van der Waals surface area contributed by atoms with Gasteiger partial charge in [0.1, 0.15) is 5.82 Å². The van der Waals surface area contributed by atoms with Gasteiger partial charge < -0.3 is 0 Å². The van der Waals surface area contributed by atoms with E-state index in [1.807, 2.05) is 11.4 Å². The summed E-state index contributed by atoms with van der Waals surface area (Å²) in [4.78, 5) is 4.45. The largest absolute Gasteiger partial charge is 0.253 e. The number of thiazole rings is 1. The van der Waals surface area contributed by atoms with E-state index in [0.717, 1.165) is 16.8 Å². The molecule has 1 aromatic heterocycles. The molecule has 0 spiro atoms. The number of benzene rings is 2. The summed E-state index contributed by atoms with van der Waals surface area (Å²) in [6.45, 7) is 4.13. The molecule has 0 aliphatic rings. The van der Waals surface area contributed by atoms with Gasteiger partial charge in [0.05, 0.1) is 11.9 Å². The fraction of sp³-hybridized carbons (Fsp3) is 0.111. The van der Waals surface area contributed by atoms with Crippen molar-refractivity contribution in [3.63, 3.8) is 0 Å². The Morgan fingerprint density at radius 3 is 2.58 bits per heavy atom. The maximum Gasteiger partial charge on any atom is 0.203 e. The number of aromatic nitrogens is 1. The molecule has 0 radical (unpaired) electrons. The summed E-state index contributed by atoms with van der Waals surface area (Å²) >= 11 is 1.46. The summed E-state index contributed by atoms with van der Waals surface area (Å²) in [6, 6.07) is 12.5. The van der Waals surface area contributed by atoms with Gasteiger partial charge in [0.15, 0.2) is 0 Å². The van der Waals surface area contributed by atoms with Crippen molar-refractivity contribution >= 4 is 39.7 Å². The second kappa shape index (κ2) is 8.17. The van der Waals surface area contributed by atoms with Crippen molar-refractivity contribution in [3.05, 3.63) is 70.4 Å². The van der Waals surface area contributed by atoms with Crippen molar-refractivity contribution in [1.29, 1.82) is 0 Å². The van der Waals surface area contributed by atoms with Gasteiger partial charge >= 0.3 is 0 Å². The predicted molar refractivity (Wildman–Crippen MR) is 105 cm³/mol. The normalized spacial score (nSPS) is 10.6. The smallest absolute Gasteiger partial charge is 0.203 e. The highest BCUT2D eigenvalue weighted by Crippen LogP contribution is 2.25. The lowest BCUT2D eigenvalue weighted by atomic mass is 10.1. The highest BCUT2D eigenvalue weighted by Gasteiger charge is 2.04. The molecule has 2 aromatic carbocycles. The zero-order valence-corrected chi connectivity index (χ0v) is 15.8. The van der Waals surface area contributed by atoms with Crippen LogP contribution in [0.2, 0.25) is 0 Å². The molecule has 124 valence electrons. The quantitative estimate of drug-likeness (QED) is 0.453. The van der Waals surface area contributed by atoms with Gasteiger partial charge in [-0.3, -0.25) is 5.43 Å². The van der Waals surface area contributed by atoms with E-state index in [1.165, 1.54) is 34.6 Å². The Balaban J connectivity index is 0.00000208. The zero-order valence-electron chi connectivity index (χ0n) is 13.3. The molecular weight excluding hydrogens is 389 g/mol. The summed E-state index contributed by atoms with van der Waals surface area (Å²) in [5.74, 6) is -0.250. The first kappa shape index (κ1) is 18.3. The summed E-state index contributed by atoms with van der Waals surface area (Å²) in [5.41, 5.74) is 8.11. The van der Waals surface area contributed by atoms with Gasteiger partial charge in [-0.05, 0) is 49.2 Å². The molecule has 6 heteroatoms. The summed E-state index contributed by atoms with van der Waals surface area (Å²) in [7, 11) is 0. The van der Waals surface area contributed by atoms with Crippen LogP contribution in [0.4, 0.5) is 9.52 Å². The lowest BCUT2D eigenvalue weighted by Crippen LogP contribution is -1.93. The number of nitrogens with zero attached hydrogens (tertiary/aromatic N) is 2. The standard InChI is InChI=1S/C18H16FN3S.BrH/c1-12-3-4-15(13(2)9-12)10-20-22-18-21-17(11-23-18)14-5-7-16(19)8-6-14;/h3-11H,1-2H3,(H,21,22);1H. The van der Waals surface area contributed by atoms with Gasteiger partial charge in [-0.15, -0.1) is 28.3 Å². The van der Waals surface area contributed by atoms with Gasteiger partial charge in [0.2, 0.25) is 5.13 Å². The van der Waals surface area contributed by atoms with E-state index < -0.39 is 0 Å². The van der Waals surface area contributed by atoms with E-state index in [1.54, 1.807) is 18.3 Å². The van der Waals surface area contributed by atoms with E-state index in [0.29, 0.717) is 5.13 Å². The lowest BCUT2D eigenvalue weighted by molar-refractivity contribution is 0.628. The van der Waals surface area contributed by atoms with Gasteiger partial charge in [-0.25, -0.2) is 9.37 Å². The molecule has 0 saturated heterocycles. The fourth-order valence-corrected chi connectivity index (χ4v) is 2.87.